The van der Waals surface area contributed by atoms with Gasteiger partial charge in [-0.2, -0.15) is 10.4 Å². The number of rotatable bonds is 6. The summed E-state index contributed by atoms with van der Waals surface area (Å²) in [5.41, 5.74) is 3.56. The van der Waals surface area contributed by atoms with Crippen molar-refractivity contribution in [1.82, 2.24) is 15.1 Å². The summed E-state index contributed by atoms with van der Waals surface area (Å²) in [6.45, 7) is 5.30. The van der Waals surface area contributed by atoms with Crippen molar-refractivity contribution < 1.29 is 17.6 Å². The van der Waals surface area contributed by atoms with Gasteiger partial charge in [0.25, 0.3) is 0 Å². The fraction of sp³-hybridized carbons (Fsp3) is 0.469. The number of benzene rings is 2. The highest BCUT2D eigenvalue weighted by molar-refractivity contribution is 7.91. The van der Waals surface area contributed by atoms with E-state index in [2.05, 4.69) is 30.1 Å². The first kappa shape index (κ1) is 28.4. The molecule has 2 saturated carbocycles. The number of aromatic nitrogens is 2. The highest BCUT2D eigenvalue weighted by Crippen LogP contribution is 2.49. The van der Waals surface area contributed by atoms with E-state index in [1.165, 1.54) is 12.1 Å². The number of nitrogens with zero attached hydrogens (tertiary/aromatic N) is 4. The Morgan fingerprint density at radius 2 is 1.67 bits per heavy atom. The third kappa shape index (κ3) is 5.80. The molecular weight excluding hydrogens is 553 g/mol. The van der Waals surface area contributed by atoms with Crippen molar-refractivity contribution in [2.45, 2.75) is 57.4 Å². The zero-order valence-electron chi connectivity index (χ0n) is 24.0. The van der Waals surface area contributed by atoms with Crippen LogP contribution in [0.4, 0.5) is 10.1 Å². The van der Waals surface area contributed by atoms with Crippen LogP contribution in [0.5, 0.6) is 0 Å². The number of carbonyl (C=O) groups is 1. The van der Waals surface area contributed by atoms with Crippen LogP contribution in [-0.4, -0.2) is 54.2 Å². The van der Waals surface area contributed by atoms with Crippen LogP contribution in [0.2, 0.25) is 0 Å². The molecule has 1 saturated heterocycles. The molecule has 1 N–H and O–H groups in total. The quantitative estimate of drug-likeness (QED) is 0.434. The van der Waals surface area contributed by atoms with E-state index in [-0.39, 0.29) is 40.5 Å². The number of sulfone groups is 1. The molecule has 0 radical (unpaired) electrons. The van der Waals surface area contributed by atoms with E-state index in [0.717, 1.165) is 35.3 Å². The highest BCUT2D eigenvalue weighted by Gasteiger charge is 2.48. The minimum atomic E-state index is -2.98. The summed E-state index contributed by atoms with van der Waals surface area (Å²) in [5.74, 6) is -0.620. The maximum atomic E-state index is 13.7. The Morgan fingerprint density at radius 1 is 1.02 bits per heavy atom. The van der Waals surface area contributed by atoms with Gasteiger partial charge in [-0.3, -0.25) is 4.79 Å². The number of nitriles is 1. The van der Waals surface area contributed by atoms with E-state index < -0.39 is 15.4 Å². The number of halogens is 1. The van der Waals surface area contributed by atoms with Gasteiger partial charge in [0.1, 0.15) is 11.4 Å². The van der Waals surface area contributed by atoms with E-state index in [1.807, 2.05) is 30.5 Å². The Kier molecular flexibility index (Phi) is 7.12. The second-order valence-electron chi connectivity index (χ2n) is 12.8. The molecule has 6 rings (SSSR count). The van der Waals surface area contributed by atoms with Crippen LogP contribution in [0.3, 0.4) is 0 Å². The number of nitrogens with one attached hydrogen (secondary N) is 1. The van der Waals surface area contributed by atoms with Crippen LogP contribution >= 0.6 is 0 Å². The molecule has 3 fully saturated rings. The molecule has 3 aromatic rings. The summed E-state index contributed by atoms with van der Waals surface area (Å²) >= 11 is 0. The van der Waals surface area contributed by atoms with Crippen molar-refractivity contribution in [3.63, 3.8) is 0 Å². The minimum absolute atomic E-state index is 0.0227. The van der Waals surface area contributed by atoms with Gasteiger partial charge in [0.15, 0.2) is 9.84 Å². The van der Waals surface area contributed by atoms with E-state index >= 15 is 0 Å². The molecule has 0 spiro atoms. The molecule has 2 aliphatic carbocycles. The molecule has 1 aliphatic heterocycles. The smallest absolute Gasteiger partial charge is 0.225 e. The lowest BCUT2D eigenvalue weighted by Gasteiger charge is -2.40. The van der Waals surface area contributed by atoms with Gasteiger partial charge in [0.05, 0.1) is 29.0 Å². The fourth-order valence-electron chi connectivity index (χ4n) is 6.34. The number of anilines is 1. The van der Waals surface area contributed by atoms with Crippen LogP contribution in [0.1, 0.15) is 57.6 Å². The van der Waals surface area contributed by atoms with Crippen molar-refractivity contribution in [1.29, 1.82) is 5.26 Å². The highest BCUT2D eigenvalue weighted by atomic mass is 32.2. The van der Waals surface area contributed by atoms with Crippen LogP contribution in [0.25, 0.3) is 16.8 Å². The van der Waals surface area contributed by atoms with Gasteiger partial charge in [-0.05, 0) is 79.5 Å². The summed E-state index contributed by atoms with van der Waals surface area (Å²) < 4.78 is 39.3. The number of hydrogen-bond donors (Lipinski definition) is 1. The average molecular weight is 590 g/mol. The van der Waals surface area contributed by atoms with E-state index in [0.29, 0.717) is 38.0 Å². The molecule has 42 heavy (non-hydrogen) atoms. The third-order valence-electron chi connectivity index (χ3n) is 9.13. The molecular formula is C32H36FN5O3S. The Bertz CT molecular complexity index is 1620. The van der Waals surface area contributed by atoms with Gasteiger partial charge in [0, 0.05) is 42.4 Å². The van der Waals surface area contributed by atoms with Crippen molar-refractivity contribution in [3.05, 3.63) is 66.2 Å². The fourth-order valence-corrected chi connectivity index (χ4v) is 7.54. The molecule has 10 heteroatoms. The second-order valence-corrected chi connectivity index (χ2v) is 15.1. The molecule has 2 aromatic carbocycles. The topological polar surface area (TPSA) is 108 Å². The lowest BCUT2D eigenvalue weighted by molar-refractivity contribution is -0.128. The van der Waals surface area contributed by atoms with Crippen LogP contribution in [0, 0.1) is 28.5 Å². The summed E-state index contributed by atoms with van der Waals surface area (Å²) in [5, 5.41) is 17.7. The lowest BCUT2D eigenvalue weighted by atomic mass is 9.65. The van der Waals surface area contributed by atoms with Crippen LogP contribution < -0.4 is 10.2 Å². The summed E-state index contributed by atoms with van der Waals surface area (Å²) in [6, 6.07) is 16.5. The molecule has 2 atom stereocenters. The van der Waals surface area contributed by atoms with Gasteiger partial charge in [0.2, 0.25) is 5.91 Å². The van der Waals surface area contributed by atoms with Crippen molar-refractivity contribution in [3.8, 4) is 22.9 Å². The molecule has 220 valence electrons. The predicted octanol–water partition coefficient (Wildman–Crippen LogP) is 5.00. The molecule has 0 unspecified atom stereocenters. The number of carbonyl (C=O) groups excluding carboxylic acids is 1. The standard InChI is InChI=1S/C32H36FN5O3S/c1-31(2)12-11-26(27(19-31)30(39)35-32(21-34)13-14-32)29-28(20-38(36-29)25-9-5-23(33)6-10-25)22-3-7-24(8-4-22)37-15-17-42(40,41)18-16-37/h3-10,20,26-27H,11-19H2,1-2H3,(H,35,39)/t26-,27-/m0/s1. The summed E-state index contributed by atoms with van der Waals surface area (Å²) in [7, 11) is -2.98. The largest absolute Gasteiger partial charge is 0.369 e. The molecule has 1 aromatic heterocycles. The molecule has 0 bridgehead atoms. The first-order valence-electron chi connectivity index (χ1n) is 14.6. The first-order chi connectivity index (χ1) is 20.0. The monoisotopic (exact) mass is 589 g/mol. The number of hydrogen-bond acceptors (Lipinski definition) is 6. The average Bonchev–Trinajstić information content (AvgIpc) is 3.60. The second kappa shape index (κ2) is 10.5. The zero-order valence-corrected chi connectivity index (χ0v) is 24.8. The first-order valence-corrected chi connectivity index (χ1v) is 16.4. The Balaban J connectivity index is 1.37. The van der Waals surface area contributed by atoms with E-state index in [4.69, 9.17) is 5.10 Å². The lowest BCUT2D eigenvalue weighted by Crippen LogP contribution is -2.45. The zero-order chi connectivity index (χ0) is 29.7. The summed E-state index contributed by atoms with van der Waals surface area (Å²) in [6.07, 6.45) is 5.69. The summed E-state index contributed by atoms with van der Waals surface area (Å²) in [4.78, 5) is 15.8. The Hall–Kier alpha value is -3.71. The maximum absolute atomic E-state index is 13.7. The van der Waals surface area contributed by atoms with E-state index in [1.54, 1.807) is 16.8 Å². The van der Waals surface area contributed by atoms with Gasteiger partial charge < -0.3 is 10.2 Å². The van der Waals surface area contributed by atoms with Gasteiger partial charge in [-0.25, -0.2) is 17.5 Å². The normalized spacial score (nSPS) is 24.0. The van der Waals surface area contributed by atoms with E-state index in [9.17, 15) is 22.9 Å². The van der Waals surface area contributed by atoms with Crippen molar-refractivity contribution in [2.24, 2.45) is 11.3 Å². The molecule has 1 amide bonds. The van der Waals surface area contributed by atoms with Crippen molar-refractivity contribution in [2.75, 3.05) is 29.5 Å². The predicted molar refractivity (Wildman–Crippen MR) is 159 cm³/mol. The molecule has 8 nitrogen and oxygen atoms in total. The SMILES string of the molecule is CC1(C)CC[C@H](c2nn(-c3ccc(F)cc3)cc2-c2ccc(N3CCS(=O)(=O)CC3)cc2)[C@@H](C(=O)NC2(C#N)CC2)C1. The van der Waals surface area contributed by atoms with Gasteiger partial charge in [-0.15, -0.1) is 0 Å². The molecule has 2 heterocycles. The minimum Gasteiger partial charge on any atom is -0.369 e. The van der Waals surface area contributed by atoms with Gasteiger partial charge >= 0.3 is 0 Å². The Morgan fingerprint density at radius 3 is 2.29 bits per heavy atom. The maximum Gasteiger partial charge on any atom is 0.225 e. The number of amides is 1. The third-order valence-corrected chi connectivity index (χ3v) is 10.7. The Labute approximate surface area is 246 Å². The van der Waals surface area contributed by atoms with Crippen LogP contribution in [-0.2, 0) is 14.6 Å². The van der Waals surface area contributed by atoms with Crippen molar-refractivity contribution >= 4 is 21.4 Å². The van der Waals surface area contributed by atoms with Gasteiger partial charge in [-0.1, -0.05) is 26.0 Å². The molecule has 3 aliphatic rings. The van der Waals surface area contributed by atoms with Crippen LogP contribution in [0.15, 0.2) is 54.7 Å².